The molecule has 0 unspecified atom stereocenters. The second-order valence-corrected chi connectivity index (χ2v) is 3.78. The lowest BCUT2D eigenvalue weighted by Gasteiger charge is -2.00. The second-order valence-electron chi connectivity index (χ2n) is 3.78. The van der Waals surface area contributed by atoms with E-state index in [0.717, 1.165) is 0 Å². The number of aromatic nitrogens is 2. The molecule has 0 bridgehead atoms. The van der Waals surface area contributed by atoms with Gasteiger partial charge in [-0.05, 0) is 19.1 Å². The van der Waals surface area contributed by atoms with Crippen molar-refractivity contribution >= 4 is 5.97 Å². The zero-order valence-corrected chi connectivity index (χ0v) is 10.7. The molecule has 0 aliphatic carbocycles. The summed E-state index contributed by atoms with van der Waals surface area (Å²) in [7, 11) is 0. The van der Waals surface area contributed by atoms with Crippen LogP contribution in [0.4, 0.5) is 0 Å². The van der Waals surface area contributed by atoms with E-state index in [9.17, 15) is 4.79 Å². The van der Waals surface area contributed by atoms with Crippen LogP contribution >= 0.6 is 0 Å². The summed E-state index contributed by atoms with van der Waals surface area (Å²) in [5, 5.41) is 17.8. The molecule has 0 fully saturated rings. The van der Waals surface area contributed by atoms with E-state index in [1.54, 1.807) is 13.0 Å². The molecule has 20 heavy (non-hydrogen) atoms. The zero-order valence-electron chi connectivity index (χ0n) is 10.7. The number of nitriles is 2. The van der Waals surface area contributed by atoms with Crippen LogP contribution < -0.4 is 0 Å². The van der Waals surface area contributed by atoms with Gasteiger partial charge in [0.25, 0.3) is 0 Å². The van der Waals surface area contributed by atoms with Crippen molar-refractivity contribution in [3.63, 3.8) is 0 Å². The van der Waals surface area contributed by atoms with Crippen molar-refractivity contribution in [2.45, 2.75) is 13.5 Å². The van der Waals surface area contributed by atoms with Crippen LogP contribution in [0.15, 0.2) is 22.9 Å². The smallest absolute Gasteiger partial charge is 0.374 e. The molecule has 0 saturated heterocycles. The van der Waals surface area contributed by atoms with Gasteiger partial charge >= 0.3 is 5.97 Å². The molecule has 0 atom stereocenters. The van der Waals surface area contributed by atoms with Gasteiger partial charge in [0, 0.05) is 0 Å². The Morgan fingerprint density at radius 1 is 1.45 bits per heavy atom. The lowest BCUT2D eigenvalue weighted by atomic mass is 10.3. The van der Waals surface area contributed by atoms with Crippen molar-refractivity contribution in [2.24, 2.45) is 0 Å². The third-order valence-electron chi connectivity index (χ3n) is 2.51. The van der Waals surface area contributed by atoms with E-state index in [2.05, 4.69) is 4.98 Å². The van der Waals surface area contributed by atoms with Crippen LogP contribution in [-0.2, 0) is 11.3 Å². The Morgan fingerprint density at radius 3 is 2.90 bits per heavy atom. The normalized spacial score (nSPS) is 9.75. The predicted octanol–water partition coefficient (Wildman–Crippen LogP) is 1.44. The fourth-order valence-electron chi connectivity index (χ4n) is 1.64. The Hall–Kier alpha value is -3.06. The van der Waals surface area contributed by atoms with Gasteiger partial charge in [0.15, 0.2) is 11.4 Å². The number of furan rings is 1. The number of hydrogen-bond acceptors (Lipinski definition) is 6. The van der Waals surface area contributed by atoms with Gasteiger partial charge < -0.3 is 13.7 Å². The molecule has 0 aliphatic rings. The van der Waals surface area contributed by atoms with E-state index in [0.29, 0.717) is 5.76 Å². The molecule has 0 aliphatic heterocycles. The molecule has 7 heteroatoms. The highest BCUT2D eigenvalue weighted by molar-refractivity contribution is 5.86. The SMILES string of the molecule is CCOC(=O)c1ccc(Cn2cnc(C#N)c2C#N)o1. The van der Waals surface area contributed by atoms with Gasteiger partial charge in [0.1, 0.15) is 17.9 Å². The summed E-state index contributed by atoms with van der Waals surface area (Å²) in [5.74, 6) is 0.0232. The van der Waals surface area contributed by atoms with E-state index in [1.165, 1.54) is 17.0 Å². The van der Waals surface area contributed by atoms with Crippen molar-refractivity contribution in [1.82, 2.24) is 9.55 Å². The number of hydrogen-bond donors (Lipinski definition) is 0. The second kappa shape index (κ2) is 5.72. The molecule has 100 valence electrons. The van der Waals surface area contributed by atoms with Crippen molar-refractivity contribution in [3.05, 3.63) is 41.4 Å². The standard InChI is InChI=1S/C13H10N4O3/c1-2-19-13(18)12-4-3-9(20-12)7-17-8-16-10(5-14)11(17)6-15/h3-4,8H,2,7H2,1H3. The maximum Gasteiger partial charge on any atom is 0.374 e. The summed E-state index contributed by atoms with van der Waals surface area (Å²) < 4.78 is 11.6. The van der Waals surface area contributed by atoms with Crippen LogP contribution in [0.1, 0.15) is 34.6 Å². The van der Waals surface area contributed by atoms with E-state index >= 15 is 0 Å². The number of imidazole rings is 1. The molecule has 2 heterocycles. The number of ether oxygens (including phenoxy) is 1. The maximum absolute atomic E-state index is 11.5. The largest absolute Gasteiger partial charge is 0.460 e. The Kier molecular flexibility index (Phi) is 3.82. The van der Waals surface area contributed by atoms with Crippen LogP contribution in [0, 0.1) is 22.7 Å². The third-order valence-corrected chi connectivity index (χ3v) is 2.51. The van der Waals surface area contributed by atoms with E-state index in [4.69, 9.17) is 19.7 Å². The minimum atomic E-state index is -0.539. The lowest BCUT2D eigenvalue weighted by molar-refractivity contribution is 0.0488. The van der Waals surface area contributed by atoms with Gasteiger partial charge in [0.2, 0.25) is 5.76 Å². The number of carbonyl (C=O) groups excluding carboxylic acids is 1. The van der Waals surface area contributed by atoms with E-state index in [-0.39, 0.29) is 30.3 Å². The summed E-state index contributed by atoms with van der Waals surface area (Å²) in [5.41, 5.74) is 0.214. The Bertz CT molecular complexity index is 715. The van der Waals surface area contributed by atoms with Crippen molar-refractivity contribution in [1.29, 1.82) is 10.5 Å². The fraction of sp³-hybridized carbons (Fsp3) is 0.231. The molecular weight excluding hydrogens is 260 g/mol. The molecular formula is C13H10N4O3. The highest BCUT2D eigenvalue weighted by Gasteiger charge is 2.15. The number of esters is 1. The summed E-state index contributed by atoms with van der Waals surface area (Å²) in [4.78, 5) is 15.3. The number of carbonyl (C=O) groups is 1. The summed E-state index contributed by atoms with van der Waals surface area (Å²) in [6.07, 6.45) is 1.38. The molecule has 0 spiro atoms. The highest BCUT2D eigenvalue weighted by Crippen LogP contribution is 2.13. The van der Waals surface area contributed by atoms with Gasteiger partial charge in [-0.15, -0.1) is 0 Å². The van der Waals surface area contributed by atoms with Crippen molar-refractivity contribution in [3.8, 4) is 12.1 Å². The summed E-state index contributed by atoms with van der Waals surface area (Å²) in [6, 6.07) is 6.86. The zero-order chi connectivity index (χ0) is 14.5. The molecule has 2 aromatic heterocycles. The minimum absolute atomic E-state index is 0.0599. The molecule has 2 aromatic rings. The van der Waals surface area contributed by atoms with Gasteiger partial charge in [-0.3, -0.25) is 0 Å². The van der Waals surface area contributed by atoms with Crippen molar-refractivity contribution < 1.29 is 13.9 Å². The lowest BCUT2D eigenvalue weighted by Crippen LogP contribution is -2.03. The van der Waals surface area contributed by atoms with Gasteiger partial charge in [0.05, 0.1) is 19.5 Å². The molecule has 0 amide bonds. The Balaban J connectivity index is 2.20. The van der Waals surface area contributed by atoms with Crippen LogP contribution in [-0.4, -0.2) is 22.1 Å². The predicted molar refractivity (Wildman–Crippen MR) is 65.4 cm³/mol. The molecule has 0 saturated carbocycles. The third kappa shape index (κ3) is 2.52. The van der Waals surface area contributed by atoms with Crippen molar-refractivity contribution in [2.75, 3.05) is 6.61 Å². The first-order valence-corrected chi connectivity index (χ1v) is 5.80. The average Bonchev–Trinajstić information content (AvgIpc) is 3.06. The molecule has 0 aromatic carbocycles. The van der Waals surface area contributed by atoms with Crippen LogP contribution in [0.2, 0.25) is 0 Å². The Morgan fingerprint density at radius 2 is 2.25 bits per heavy atom. The molecule has 0 N–H and O–H groups in total. The molecule has 0 radical (unpaired) electrons. The number of rotatable bonds is 4. The quantitative estimate of drug-likeness (QED) is 0.778. The van der Waals surface area contributed by atoms with Gasteiger partial charge in [-0.1, -0.05) is 0 Å². The number of nitrogens with zero attached hydrogens (tertiary/aromatic N) is 4. The highest BCUT2D eigenvalue weighted by atomic mass is 16.5. The van der Waals surface area contributed by atoms with Gasteiger partial charge in [-0.2, -0.15) is 10.5 Å². The average molecular weight is 270 g/mol. The summed E-state index contributed by atoms with van der Waals surface area (Å²) in [6.45, 7) is 2.17. The topological polar surface area (TPSA) is 105 Å². The van der Waals surface area contributed by atoms with Gasteiger partial charge in [-0.25, -0.2) is 9.78 Å². The molecule has 7 nitrogen and oxygen atoms in total. The first-order chi connectivity index (χ1) is 9.69. The fourth-order valence-corrected chi connectivity index (χ4v) is 1.64. The van der Waals surface area contributed by atoms with Crippen LogP contribution in [0.3, 0.4) is 0 Å². The molecule has 2 rings (SSSR count). The Labute approximate surface area is 114 Å². The first-order valence-electron chi connectivity index (χ1n) is 5.80. The first kappa shape index (κ1) is 13.4. The van der Waals surface area contributed by atoms with E-state index in [1.807, 2.05) is 12.1 Å². The summed E-state index contributed by atoms with van der Waals surface area (Å²) >= 11 is 0. The van der Waals surface area contributed by atoms with Crippen LogP contribution in [0.5, 0.6) is 0 Å². The van der Waals surface area contributed by atoms with E-state index < -0.39 is 5.97 Å². The van der Waals surface area contributed by atoms with Crippen LogP contribution in [0.25, 0.3) is 0 Å². The minimum Gasteiger partial charge on any atom is -0.460 e. The monoisotopic (exact) mass is 270 g/mol. The maximum atomic E-state index is 11.5.